The van der Waals surface area contributed by atoms with E-state index >= 15 is 0 Å². The van der Waals surface area contributed by atoms with Crippen LogP contribution in [0.5, 0.6) is 0 Å². The molecule has 0 atom stereocenters. The third-order valence-electron chi connectivity index (χ3n) is 5.18. The van der Waals surface area contributed by atoms with Gasteiger partial charge in [0.1, 0.15) is 11.6 Å². The Bertz CT molecular complexity index is 1810. The predicted octanol–water partition coefficient (Wildman–Crippen LogP) is 0.810. The number of nitrogens with zero attached hydrogens (tertiary/aromatic N) is 6. The summed E-state index contributed by atoms with van der Waals surface area (Å²) in [5, 5.41) is 13.9. The molecule has 2 aromatic carbocycles. The zero-order valence-electron chi connectivity index (χ0n) is 21.9. The van der Waals surface area contributed by atoms with E-state index in [1.54, 1.807) is 5.38 Å². The van der Waals surface area contributed by atoms with Crippen molar-refractivity contribution < 1.29 is 42.8 Å². The quantitative estimate of drug-likeness (QED) is 0.104. The van der Waals surface area contributed by atoms with Crippen molar-refractivity contribution in [1.29, 1.82) is 0 Å². The first-order valence-electron chi connectivity index (χ1n) is 11.7. The Labute approximate surface area is 274 Å². The molecule has 4 N–H and O–H groups in total. The van der Waals surface area contributed by atoms with Crippen molar-refractivity contribution in [3.8, 4) is 5.69 Å². The third-order valence-corrected chi connectivity index (χ3v) is 9.04. The molecule has 0 aliphatic rings. The third kappa shape index (κ3) is 8.21. The summed E-state index contributed by atoms with van der Waals surface area (Å²) in [7, 11) is -3.92. The number of nitrogen functional groups attached to an aromatic ring is 1. The summed E-state index contributed by atoms with van der Waals surface area (Å²) < 4.78 is 30.5. The fraction of sp³-hybridized carbons (Fsp3) is 0.0833. The molecule has 210 valence electrons. The van der Waals surface area contributed by atoms with Crippen molar-refractivity contribution in [2.45, 2.75) is 21.0 Å². The SMILES string of the molecule is Nc1cc(=O)[nH]c(SCc2nnc(SCC(=O)Nc3ccc(S(=O)(=O)[N-]c4nccs4)cc3)n2-c2ccccc2)n1.[Na+]. The van der Waals surface area contributed by atoms with Crippen LogP contribution in [-0.2, 0) is 20.6 Å². The number of aromatic nitrogens is 6. The Hall–Kier alpha value is -3.19. The number of nitrogens with one attached hydrogen (secondary N) is 2. The van der Waals surface area contributed by atoms with Gasteiger partial charge in [0.05, 0.1) is 16.4 Å². The number of para-hydroxylation sites is 1. The molecule has 0 aliphatic carbocycles. The normalized spacial score (nSPS) is 11.0. The van der Waals surface area contributed by atoms with Crippen molar-refractivity contribution in [1.82, 2.24) is 29.7 Å². The minimum absolute atomic E-state index is 0. The van der Waals surface area contributed by atoms with Crippen molar-refractivity contribution in [2.24, 2.45) is 0 Å². The maximum absolute atomic E-state index is 12.7. The van der Waals surface area contributed by atoms with E-state index in [9.17, 15) is 18.0 Å². The molecular formula is C24H20N9NaO4S4. The first-order valence-corrected chi connectivity index (χ1v) is 16.0. The Balaban J connectivity index is 0.00000405. The molecular weight excluding hydrogens is 630 g/mol. The number of anilines is 2. The van der Waals surface area contributed by atoms with Gasteiger partial charge in [0.25, 0.3) is 5.56 Å². The average Bonchev–Trinajstić information content (AvgIpc) is 3.60. The number of thiazole rings is 1. The van der Waals surface area contributed by atoms with Crippen LogP contribution in [0.1, 0.15) is 5.82 Å². The Kier molecular flexibility index (Phi) is 10.8. The summed E-state index contributed by atoms with van der Waals surface area (Å²) in [6.07, 6.45) is 1.47. The number of carbonyl (C=O) groups is 1. The van der Waals surface area contributed by atoms with Gasteiger partial charge in [-0.15, -0.1) is 10.2 Å². The molecule has 0 fully saturated rings. The maximum atomic E-state index is 12.7. The van der Waals surface area contributed by atoms with Crippen LogP contribution >= 0.6 is 34.9 Å². The van der Waals surface area contributed by atoms with Crippen LogP contribution in [0.3, 0.4) is 0 Å². The summed E-state index contributed by atoms with van der Waals surface area (Å²) in [5.74, 6) is 0.713. The molecule has 18 heteroatoms. The number of rotatable bonds is 11. The number of carbonyl (C=O) groups excluding carboxylic acids is 1. The zero-order valence-corrected chi connectivity index (χ0v) is 27.1. The van der Waals surface area contributed by atoms with E-state index in [2.05, 4.69) is 35.2 Å². The summed E-state index contributed by atoms with van der Waals surface area (Å²) >= 11 is 3.54. The number of H-pyrrole nitrogens is 1. The first kappa shape index (κ1) is 31.7. The summed E-state index contributed by atoms with van der Waals surface area (Å²) in [5.41, 5.74) is 6.54. The summed E-state index contributed by atoms with van der Waals surface area (Å²) in [6.45, 7) is 0. The standard InChI is InChI=1S/C24H21N9O4S4.Na/c25-18-12-20(34)29-23(28-18)39-13-19-30-31-24(33(19)16-4-2-1-3-5-16)40-14-21(35)27-15-6-8-17(9-7-15)41(36,37)32-22-26-10-11-38-22;/h1-12H,13-14H2,(H5,25,26,27,28,29,32,34,35);/q;+1/p-1. The van der Waals surface area contributed by atoms with Gasteiger partial charge in [0.15, 0.2) is 10.3 Å². The summed E-state index contributed by atoms with van der Waals surface area (Å²) in [6, 6.07) is 16.3. The molecule has 0 aliphatic heterocycles. The monoisotopic (exact) mass is 649 g/mol. The second-order valence-corrected chi connectivity index (χ2v) is 12.5. The molecule has 0 spiro atoms. The second-order valence-electron chi connectivity index (χ2n) is 8.08. The van der Waals surface area contributed by atoms with Gasteiger partial charge in [-0.3, -0.25) is 14.2 Å². The van der Waals surface area contributed by atoms with Crippen molar-refractivity contribution in [3.63, 3.8) is 0 Å². The molecule has 0 saturated heterocycles. The van der Waals surface area contributed by atoms with Gasteiger partial charge in [0.2, 0.25) is 15.9 Å². The van der Waals surface area contributed by atoms with Gasteiger partial charge in [-0.25, -0.2) is 13.4 Å². The molecule has 0 bridgehead atoms. The van der Waals surface area contributed by atoms with Gasteiger partial charge in [-0.05, 0) is 41.8 Å². The van der Waals surface area contributed by atoms with Crippen molar-refractivity contribution in [2.75, 3.05) is 16.8 Å². The molecule has 0 radical (unpaired) electrons. The van der Waals surface area contributed by atoms with E-state index < -0.39 is 10.0 Å². The first-order chi connectivity index (χ1) is 19.8. The van der Waals surface area contributed by atoms with E-state index in [1.165, 1.54) is 60.1 Å². The van der Waals surface area contributed by atoms with Crippen LogP contribution in [0, 0.1) is 0 Å². The number of hydrogen-bond acceptors (Lipinski definition) is 12. The molecule has 0 saturated carbocycles. The molecule has 1 amide bonds. The van der Waals surface area contributed by atoms with Gasteiger partial charge >= 0.3 is 29.6 Å². The largest absolute Gasteiger partial charge is 1.00 e. The number of thioether (sulfide) groups is 2. The number of nitrogens with two attached hydrogens (primary N) is 1. The van der Waals surface area contributed by atoms with E-state index in [0.717, 1.165) is 17.0 Å². The molecule has 13 nitrogen and oxygen atoms in total. The van der Waals surface area contributed by atoms with Gasteiger partial charge < -0.3 is 25.7 Å². The Morgan fingerprint density at radius 2 is 1.86 bits per heavy atom. The number of hydrogen-bond donors (Lipinski definition) is 3. The fourth-order valence-electron chi connectivity index (χ4n) is 3.43. The molecule has 3 heterocycles. The van der Waals surface area contributed by atoms with E-state index in [4.69, 9.17) is 5.73 Å². The van der Waals surface area contributed by atoms with Crippen LogP contribution in [0.25, 0.3) is 10.4 Å². The molecule has 0 unspecified atom stereocenters. The topological polar surface area (TPSA) is 193 Å². The van der Waals surface area contributed by atoms with Gasteiger partial charge in [-0.1, -0.05) is 47.9 Å². The number of amides is 1. The summed E-state index contributed by atoms with van der Waals surface area (Å²) in [4.78, 5) is 35.0. The number of sulfonamides is 1. The van der Waals surface area contributed by atoms with Crippen molar-refractivity contribution in [3.05, 3.63) is 93.1 Å². The number of benzene rings is 2. The minimum atomic E-state index is -3.92. The second kappa shape index (κ2) is 14.3. The Morgan fingerprint density at radius 3 is 2.55 bits per heavy atom. The van der Waals surface area contributed by atoms with Gasteiger partial charge in [0, 0.05) is 22.6 Å². The maximum Gasteiger partial charge on any atom is 1.00 e. The molecule has 5 aromatic rings. The van der Waals surface area contributed by atoms with E-state index in [1.807, 2.05) is 34.9 Å². The van der Waals surface area contributed by atoms with Crippen LogP contribution in [0.4, 0.5) is 16.6 Å². The van der Waals surface area contributed by atoms with Crippen LogP contribution in [0.15, 0.2) is 92.2 Å². The van der Waals surface area contributed by atoms with Crippen molar-refractivity contribution >= 4 is 67.4 Å². The van der Waals surface area contributed by atoms with Crippen LogP contribution in [0.2, 0.25) is 0 Å². The van der Waals surface area contributed by atoms with Crippen LogP contribution < -0.4 is 46.2 Å². The molecule has 3 aromatic heterocycles. The van der Waals surface area contributed by atoms with E-state index in [-0.39, 0.29) is 62.6 Å². The molecule has 42 heavy (non-hydrogen) atoms. The number of aromatic amines is 1. The van der Waals surface area contributed by atoms with Gasteiger partial charge in [-0.2, -0.15) is 11.3 Å². The smallest absolute Gasteiger partial charge is 0.433 e. The average molecular weight is 650 g/mol. The fourth-order valence-corrected chi connectivity index (χ4v) is 6.67. The predicted molar refractivity (Wildman–Crippen MR) is 158 cm³/mol. The van der Waals surface area contributed by atoms with Crippen LogP contribution in [-0.4, -0.2) is 49.8 Å². The zero-order chi connectivity index (χ0) is 28.8. The van der Waals surface area contributed by atoms with E-state index in [0.29, 0.717) is 27.6 Å². The minimum Gasteiger partial charge on any atom is -0.433 e. The Morgan fingerprint density at radius 1 is 1.10 bits per heavy atom. The molecule has 5 rings (SSSR count).